The minimum absolute atomic E-state index is 0.0447. The van der Waals surface area contributed by atoms with Crippen LogP contribution in [0.2, 0.25) is 0 Å². The Morgan fingerprint density at radius 3 is 2.42 bits per heavy atom. The van der Waals surface area contributed by atoms with Crippen LogP contribution in [0.5, 0.6) is 0 Å². The Kier molecular flexibility index (Phi) is 6.77. The van der Waals surface area contributed by atoms with Crippen LogP contribution >= 0.6 is 31.9 Å². The van der Waals surface area contributed by atoms with Crippen LogP contribution < -0.4 is 10.6 Å². The van der Waals surface area contributed by atoms with E-state index < -0.39 is 11.8 Å². The zero-order chi connectivity index (χ0) is 17.5. The summed E-state index contributed by atoms with van der Waals surface area (Å²) in [7, 11) is 0. The predicted octanol–water partition coefficient (Wildman–Crippen LogP) is 2.68. The summed E-state index contributed by atoms with van der Waals surface area (Å²) < 4.78 is 6.48. The van der Waals surface area contributed by atoms with Gasteiger partial charge in [-0.3, -0.25) is 9.59 Å². The maximum absolute atomic E-state index is 12.2. The first-order valence-corrected chi connectivity index (χ1v) is 8.51. The summed E-state index contributed by atoms with van der Waals surface area (Å²) in [5, 5.41) is 13.9. The smallest absolute Gasteiger partial charge is 0.291 e. The zero-order valence-corrected chi connectivity index (χ0v) is 15.6. The molecule has 1 heterocycles. The second-order valence-electron chi connectivity index (χ2n) is 4.65. The number of carbonyl (C=O) groups excluding carboxylic acids is 2. The Morgan fingerprint density at radius 1 is 1.12 bits per heavy atom. The van der Waals surface area contributed by atoms with Gasteiger partial charge in [-0.15, -0.1) is 0 Å². The summed E-state index contributed by atoms with van der Waals surface area (Å²) in [6.45, 7) is -0.116. The van der Waals surface area contributed by atoms with E-state index in [4.69, 9.17) is 9.52 Å². The molecule has 0 aliphatic carbocycles. The highest BCUT2D eigenvalue weighted by Crippen LogP contribution is 2.15. The van der Waals surface area contributed by atoms with Gasteiger partial charge >= 0.3 is 0 Å². The van der Waals surface area contributed by atoms with Crippen molar-refractivity contribution in [3.63, 3.8) is 0 Å². The van der Waals surface area contributed by atoms with Gasteiger partial charge in [-0.2, -0.15) is 0 Å². The maximum Gasteiger partial charge on any atom is 0.291 e. The fourth-order valence-electron chi connectivity index (χ4n) is 1.77. The molecule has 24 heavy (non-hydrogen) atoms. The lowest BCUT2D eigenvalue weighted by Gasteiger charge is -2.09. The average molecular weight is 458 g/mol. The summed E-state index contributed by atoms with van der Waals surface area (Å²) in [6.07, 6.45) is 1.54. The number of hydrogen-bond acceptors (Lipinski definition) is 4. The Hall–Kier alpha value is -1.90. The van der Waals surface area contributed by atoms with E-state index in [2.05, 4.69) is 42.5 Å². The lowest BCUT2D eigenvalue weighted by Crippen LogP contribution is -2.36. The minimum atomic E-state index is -0.553. The lowest BCUT2D eigenvalue weighted by molar-refractivity contribution is -0.117. The van der Waals surface area contributed by atoms with E-state index in [-0.39, 0.29) is 24.6 Å². The van der Waals surface area contributed by atoms with Crippen molar-refractivity contribution in [2.24, 2.45) is 0 Å². The molecule has 8 heteroatoms. The van der Waals surface area contributed by atoms with Crippen molar-refractivity contribution >= 4 is 49.8 Å². The molecule has 126 valence electrons. The van der Waals surface area contributed by atoms with E-state index in [1.165, 1.54) is 12.1 Å². The molecule has 0 spiro atoms. The fourth-order valence-corrected chi connectivity index (χ4v) is 2.34. The van der Waals surface area contributed by atoms with Crippen molar-refractivity contribution in [2.45, 2.75) is 0 Å². The van der Waals surface area contributed by atoms with Crippen molar-refractivity contribution in [3.8, 4) is 0 Å². The molecule has 2 amide bonds. The number of aliphatic hydroxyl groups is 1. The van der Waals surface area contributed by atoms with E-state index in [0.29, 0.717) is 4.67 Å². The van der Waals surface area contributed by atoms with Gasteiger partial charge in [0.15, 0.2) is 10.4 Å². The summed E-state index contributed by atoms with van der Waals surface area (Å²) in [4.78, 5) is 24.4. The quantitative estimate of drug-likeness (QED) is 0.581. The Bertz CT molecular complexity index is 754. The van der Waals surface area contributed by atoms with Crippen LogP contribution in [-0.2, 0) is 4.79 Å². The van der Waals surface area contributed by atoms with E-state index in [0.717, 1.165) is 10.0 Å². The van der Waals surface area contributed by atoms with Crippen molar-refractivity contribution in [1.82, 2.24) is 10.6 Å². The van der Waals surface area contributed by atoms with Crippen LogP contribution in [0.1, 0.15) is 16.1 Å². The number of aliphatic hydroxyl groups excluding tert-OH is 1. The number of carbonyl (C=O) groups is 2. The van der Waals surface area contributed by atoms with Crippen molar-refractivity contribution in [2.75, 3.05) is 13.2 Å². The van der Waals surface area contributed by atoms with Crippen LogP contribution in [0.4, 0.5) is 0 Å². The van der Waals surface area contributed by atoms with Gasteiger partial charge in [-0.1, -0.05) is 28.1 Å². The summed E-state index contributed by atoms with van der Waals surface area (Å²) in [5.74, 6) is -0.993. The molecule has 0 radical (unpaired) electrons. The molecule has 3 N–H and O–H groups in total. The average Bonchev–Trinajstić information content (AvgIpc) is 3.00. The van der Waals surface area contributed by atoms with Crippen molar-refractivity contribution in [3.05, 3.63) is 62.6 Å². The monoisotopic (exact) mass is 456 g/mol. The highest BCUT2D eigenvalue weighted by molar-refractivity contribution is 9.10. The molecule has 2 aromatic rings. The van der Waals surface area contributed by atoms with Crippen LogP contribution in [0.15, 0.2) is 55.7 Å². The minimum Gasteiger partial charge on any atom is -0.444 e. The van der Waals surface area contributed by atoms with Gasteiger partial charge in [0.2, 0.25) is 0 Å². The van der Waals surface area contributed by atoms with Gasteiger partial charge in [-0.25, -0.2) is 0 Å². The second-order valence-corrected chi connectivity index (χ2v) is 6.34. The molecule has 0 atom stereocenters. The molecular weight excluding hydrogens is 444 g/mol. The second kappa shape index (κ2) is 8.81. The van der Waals surface area contributed by atoms with Gasteiger partial charge in [-0.05, 0) is 51.8 Å². The normalized spacial score (nSPS) is 11.2. The third kappa shape index (κ3) is 5.33. The molecule has 1 aromatic heterocycles. The molecule has 0 aliphatic rings. The number of rotatable bonds is 6. The van der Waals surface area contributed by atoms with Gasteiger partial charge in [0.1, 0.15) is 5.70 Å². The van der Waals surface area contributed by atoms with Crippen LogP contribution in [-0.4, -0.2) is 30.1 Å². The lowest BCUT2D eigenvalue weighted by atomic mass is 10.2. The number of amides is 2. The molecule has 0 unspecified atom stereocenters. The first-order valence-electron chi connectivity index (χ1n) is 6.92. The predicted molar refractivity (Wildman–Crippen MR) is 96.1 cm³/mol. The molecular formula is C16H14Br2N2O4. The van der Waals surface area contributed by atoms with Gasteiger partial charge < -0.3 is 20.2 Å². The highest BCUT2D eigenvalue weighted by atomic mass is 79.9. The zero-order valence-electron chi connectivity index (χ0n) is 12.4. The molecule has 2 rings (SSSR count). The molecule has 6 nitrogen and oxygen atoms in total. The maximum atomic E-state index is 12.2. The molecule has 0 bridgehead atoms. The molecule has 1 aromatic carbocycles. The van der Waals surface area contributed by atoms with E-state index in [1.54, 1.807) is 18.2 Å². The number of furan rings is 1. The SMILES string of the molecule is O=C(NCCO)C(=Cc1ccc(Br)cc1)NC(=O)c1ccc(Br)o1. The van der Waals surface area contributed by atoms with E-state index >= 15 is 0 Å². The molecule has 0 aliphatic heterocycles. The largest absolute Gasteiger partial charge is 0.444 e. The van der Waals surface area contributed by atoms with Crippen molar-refractivity contribution in [1.29, 1.82) is 0 Å². The van der Waals surface area contributed by atoms with Crippen LogP contribution in [0.3, 0.4) is 0 Å². The fraction of sp³-hybridized carbons (Fsp3) is 0.125. The summed E-state index contributed by atoms with van der Waals surface area (Å²) >= 11 is 6.45. The third-order valence-electron chi connectivity index (χ3n) is 2.87. The topological polar surface area (TPSA) is 91.6 Å². The number of hydrogen-bond donors (Lipinski definition) is 3. The summed E-state index contributed by atoms with van der Waals surface area (Å²) in [5.41, 5.74) is 0.775. The molecule has 0 saturated carbocycles. The number of benzene rings is 1. The first kappa shape index (κ1) is 18.4. The summed E-state index contributed by atoms with van der Waals surface area (Å²) in [6, 6.07) is 10.3. The number of halogens is 2. The van der Waals surface area contributed by atoms with Gasteiger partial charge in [0, 0.05) is 11.0 Å². The number of nitrogens with one attached hydrogen (secondary N) is 2. The van der Waals surface area contributed by atoms with Crippen molar-refractivity contribution < 1.29 is 19.1 Å². The first-order chi connectivity index (χ1) is 11.5. The standard InChI is InChI=1S/C16H14Br2N2O4/c17-11-3-1-10(2-4-11)9-12(15(22)19-7-8-21)20-16(23)13-5-6-14(18)24-13/h1-6,9,21H,7-8H2,(H,19,22)(H,20,23). The molecule has 0 saturated heterocycles. The van der Waals surface area contributed by atoms with Crippen LogP contribution in [0, 0.1) is 0 Å². The van der Waals surface area contributed by atoms with E-state index in [1.807, 2.05) is 12.1 Å². The Balaban J connectivity index is 2.23. The molecule has 0 fully saturated rings. The van der Waals surface area contributed by atoms with Gasteiger partial charge in [0.05, 0.1) is 6.61 Å². The Labute approximate surface area is 155 Å². The van der Waals surface area contributed by atoms with E-state index in [9.17, 15) is 9.59 Å². The van der Waals surface area contributed by atoms with Crippen LogP contribution in [0.25, 0.3) is 6.08 Å². The van der Waals surface area contributed by atoms with Gasteiger partial charge in [0.25, 0.3) is 11.8 Å². The highest BCUT2D eigenvalue weighted by Gasteiger charge is 2.16. The third-order valence-corrected chi connectivity index (χ3v) is 3.82. The Morgan fingerprint density at radius 2 is 1.83 bits per heavy atom.